The molecule has 2 rings (SSSR count). The fraction of sp³-hybridized carbons (Fsp3) is 0.231. The van der Waals surface area contributed by atoms with E-state index in [1.54, 1.807) is 10.9 Å². The molecule has 0 saturated heterocycles. The fourth-order valence-electron chi connectivity index (χ4n) is 1.77. The minimum Gasteiger partial charge on any atom is -0.377 e. The highest BCUT2D eigenvalue weighted by atomic mass is 15.3. The standard InChI is InChI=1S/C13H14N4/c1-16(2)13-6-4-3-5-12(13)11-9-15-17(10-11)8-7-14/h3-6,9-10H,8H2,1-2H3. The third-order valence-corrected chi connectivity index (χ3v) is 2.56. The molecule has 0 radical (unpaired) electrons. The number of anilines is 1. The Morgan fingerprint density at radius 3 is 2.82 bits per heavy atom. The van der Waals surface area contributed by atoms with Gasteiger partial charge in [0.25, 0.3) is 0 Å². The van der Waals surface area contributed by atoms with E-state index in [-0.39, 0.29) is 6.54 Å². The van der Waals surface area contributed by atoms with Crippen LogP contribution in [0.4, 0.5) is 5.69 Å². The number of nitrogens with zero attached hydrogens (tertiary/aromatic N) is 4. The van der Waals surface area contributed by atoms with Crippen LogP contribution in [0.5, 0.6) is 0 Å². The van der Waals surface area contributed by atoms with Gasteiger partial charge in [-0.25, -0.2) is 0 Å². The van der Waals surface area contributed by atoms with Crippen LogP contribution in [0.15, 0.2) is 36.7 Å². The van der Waals surface area contributed by atoms with Gasteiger partial charge in [0, 0.05) is 37.1 Å². The first-order chi connectivity index (χ1) is 8.22. The topological polar surface area (TPSA) is 44.9 Å². The molecule has 0 bridgehead atoms. The van der Waals surface area contributed by atoms with Crippen LogP contribution in [0.2, 0.25) is 0 Å². The van der Waals surface area contributed by atoms with Crippen molar-refractivity contribution in [3.05, 3.63) is 36.7 Å². The first kappa shape index (κ1) is 11.2. The Bertz CT molecular complexity index is 549. The zero-order chi connectivity index (χ0) is 12.3. The Kier molecular flexibility index (Phi) is 3.10. The molecule has 0 atom stereocenters. The number of aromatic nitrogens is 2. The number of rotatable bonds is 3. The molecule has 0 aliphatic rings. The van der Waals surface area contributed by atoms with Crippen molar-refractivity contribution in [1.29, 1.82) is 5.26 Å². The summed E-state index contributed by atoms with van der Waals surface area (Å²) in [6, 6.07) is 10.2. The van der Waals surface area contributed by atoms with E-state index in [0.29, 0.717) is 0 Å². The monoisotopic (exact) mass is 226 g/mol. The third-order valence-electron chi connectivity index (χ3n) is 2.56. The molecular weight excluding hydrogens is 212 g/mol. The molecule has 0 N–H and O–H groups in total. The van der Waals surface area contributed by atoms with Crippen molar-refractivity contribution in [2.75, 3.05) is 19.0 Å². The van der Waals surface area contributed by atoms with Gasteiger partial charge in [-0.3, -0.25) is 4.68 Å². The lowest BCUT2D eigenvalue weighted by Gasteiger charge is -2.16. The smallest absolute Gasteiger partial charge is 0.128 e. The predicted octanol–water partition coefficient (Wildman–Crippen LogP) is 2.14. The van der Waals surface area contributed by atoms with Crippen molar-refractivity contribution in [2.24, 2.45) is 0 Å². The molecule has 17 heavy (non-hydrogen) atoms. The summed E-state index contributed by atoms with van der Waals surface area (Å²) in [5.41, 5.74) is 3.30. The zero-order valence-corrected chi connectivity index (χ0v) is 9.96. The quantitative estimate of drug-likeness (QED) is 0.805. The van der Waals surface area contributed by atoms with E-state index in [9.17, 15) is 0 Å². The van der Waals surface area contributed by atoms with Crippen LogP contribution in [0.1, 0.15) is 0 Å². The van der Waals surface area contributed by atoms with Crippen LogP contribution in [-0.2, 0) is 6.54 Å². The Morgan fingerprint density at radius 1 is 1.35 bits per heavy atom. The average Bonchev–Trinajstić information content (AvgIpc) is 2.78. The first-order valence-corrected chi connectivity index (χ1v) is 5.38. The predicted molar refractivity (Wildman–Crippen MR) is 67.6 cm³/mol. The van der Waals surface area contributed by atoms with Gasteiger partial charge in [-0.2, -0.15) is 10.4 Å². The maximum Gasteiger partial charge on any atom is 0.128 e. The summed E-state index contributed by atoms with van der Waals surface area (Å²) in [5, 5.41) is 12.8. The molecular formula is C13H14N4. The van der Waals surface area contributed by atoms with Gasteiger partial charge < -0.3 is 4.90 Å². The van der Waals surface area contributed by atoms with E-state index in [0.717, 1.165) is 16.8 Å². The molecule has 0 fully saturated rings. The van der Waals surface area contributed by atoms with Crippen LogP contribution in [0, 0.1) is 11.3 Å². The highest BCUT2D eigenvalue weighted by molar-refractivity contribution is 5.77. The number of hydrogen-bond acceptors (Lipinski definition) is 3. The number of nitriles is 1. The van der Waals surface area contributed by atoms with Gasteiger partial charge in [-0.15, -0.1) is 0 Å². The molecule has 0 saturated carbocycles. The third kappa shape index (κ3) is 2.28. The molecule has 1 heterocycles. The summed E-state index contributed by atoms with van der Waals surface area (Å²) >= 11 is 0. The summed E-state index contributed by atoms with van der Waals surface area (Å²) in [6.45, 7) is 0.282. The van der Waals surface area contributed by atoms with Crippen molar-refractivity contribution in [2.45, 2.75) is 6.54 Å². The van der Waals surface area contributed by atoms with Gasteiger partial charge in [-0.1, -0.05) is 18.2 Å². The Balaban J connectivity index is 2.42. The molecule has 0 aliphatic heterocycles. The number of hydrogen-bond donors (Lipinski definition) is 0. The molecule has 0 unspecified atom stereocenters. The van der Waals surface area contributed by atoms with Crippen LogP contribution < -0.4 is 4.90 Å². The lowest BCUT2D eigenvalue weighted by Crippen LogP contribution is -2.09. The molecule has 0 spiro atoms. The van der Waals surface area contributed by atoms with Gasteiger partial charge >= 0.3 is 0 Å². The summed E-state index contributed by atoms with van der Waals surface area (Å²) in [4.78, 5) is 2.07. The zero-order valence-electron chi connectivity index (χ0n) is 9.96. The molecule has 0 amide bonds. The van der Waals surface area contributed by atoms with Crippen LogP contribution in [-0.4, -0.2) is 23.9 Å². The minimum absolute atomic E-state index is 0.282. The largest absolute Gasteiger partial charge is 0.377 e. The van der Waals surface area contributed by atoms with Crippen molar-refractivity contribution in [3.8, 4) is 17.2 Å². The van der Waals surface area contributed by atoms with Gasteiger partial charge in [0.15, 0.2) is 0 Å². The number of benzene rings is 1. The minimum atomic E-state index is 0.282. The normalized spacial score (nSPS) is 9.94. The van der Waals surface area contributed by atoms with Crippen molar-refractivity contribution >= 4 is 5.69 Å². The summed E-state index contributed by atoms with van der Waals surface area (Å²) in [5.74, 6) is 0. The SMILES string of the molecule is CN(C)c1ccccc1-c1cnn(CC#N)c1. The van der Waals surface area contributed by atoms with Gasteiger partial charge in [0.2, 0.25) is 0 Å². The van der Waals surface area contributed by atoms with E-state index in [4.69, 9.17) is 5.26 Å². The molecule has 0 aliphatic carbocycles. The van der Waals surface area contributed by atoms with Crippen molar-refractivity contribution < 1.29 is 0 Å². The Hall–Kier alpha value is -2.28. The molecule has 4 heteroatoms. The van der Waals surface area contributed by atoms with E-state index in [1.165, 1.54) is 0 Å². The van der Waals surface area contributed by atoms with Gasteiger partial charge in [0.05, 0.1) is 12.3 Å². The van der Waals surface area contributed by atoms with Crippen LogP contribution >= 0.6 is 0 Å². The fourth-order valence-corrected chi connectivity index (χ4v) is 1.77. The lowest BCUT2D eigenvalue weighted by molar-refractivity contribution is 0.710. The van der Waals surface area contributed by atoms with E-state index >= 15 is 0 Å². The van der Waals surface area contributed by atoms with Crippen LogP contribution in [0.3, 0.4) is 0 Å². The van der Waals surface area contributed by atoms with Crippen LogP contribution in [0.25, 0.3) is 11.1 Å². The van der Waals surface area contributed by atoms with Gasteiger partial charge in [0.1, 0.15) is 6.54 Å². The number of para-hydroxylation sites is 1. The van der Waals surface area contributed by atoms with E-state index < -0.39 is 0 Å². The first-order valence-electron chi connectivity index (χ1n) is 5.38. The molecule has 4 nitrogen and oxygen atoms in total. The Morgan fingerprint density at radius 2 is 2.12 bits per heavy atom. The Labute approximate surface area is 101 Å². The molecule has 86 valence electrons. The van der Waals surface area contributed by atoms with Crippen molar-refractivity contribution in [3.63, 3.8) is 0 Å². The molecule has 1 aromatic carbocycles. The van der Waals surface area contributed by atoms with E-state index in [2.05, 4.69) is 28.2 Å². The highest BCUT2D eigenvalue weighted by Gasteiger charge is 2.07. The maximum absolute atomic E-state index is 8.62. The summed E-state index contributed by atoms with van der Waals surface area (Å²) in [6.07, 6.45) is 3.69. The highest BCUT2D eigenvalue weighted by Crippen LogP contribution is 2.28. The second-order valence-corrected chi connectivity index (χ2v) is 4.00. The second-order valence-electron chi connectivity index (χ2n) is 4.00. The van der Waals surface area contributed by atoms with Crippen molar-refractivity contribution in [1.82, 2.24) is 9.78 Å². The molecule has 1 aromatic heterocycles. The molecule has 2 aromatic rings. The summed E-state index contributed by atoms with van der Waals surface area (Å²) < 4.78 is 1.64. The average molecular weight is 226 g/mol. The van der Waals surface area contributed by atoms with Gasteiger partial charge in [-0.05, 0) is 6.07 Å². The summed E-state index contributed by atoms with van der Waals surface area (Å²) in [7, 11) is 4.02. The van der Waals surface area contributed by atoms with E-state index in [1.807, 2.05) is 32.4 Å². The lowest BCUT2D eigenvalue weighted by atomic mass is 10.1. The maximum atomic E-state index is 8.62. The second kappa shape index (κ2) is 4.71.